The molecule has 0 aliphatic heterocycles. The van der Waals surface area contributed by atoms with Gasteiger partial charge in [0.1, 0.15) is 17.2 Å². The SMILES string of the molecule is CNc1cc(Sc2nc(C)cs2)ncn1. The summed E-state index contributed by atoms with van der Waals surface area (Å²) in [4.78, 5) is 12.6. The van der Waals surface area contributed by atoms with Gasteiger partial charge in [0.25, 0.3) is 0 Å². The Morgan fingerprint density at radius 2 is 2.27 bits per heavy atom. The Morgan fingerprint density at radius 1 is 1.40 bits per heavy atom. The Kier molecular flexibility index (Phi) is 3.17. The van der Waals surface area contributed by atoms with Gasteiger partial charge in [0.05, 0.1) is 0 Å². The molecule has 2 aromatic rings. The van der Waals surface area contributed by atoms with Gasteiger partial charge in [-0.3, -0.25) is 0 Å². The van der Waals surface area contributed by atoms with Gasteiger partial charge in [0, 0.05) is 24.2 Å². The fourth-order valence-corrected chi connectivity index (χ4v) is 2.75. The first-order valence-corrected chi connectivity index (χ1v) is 6.07. The predicted octanol–water partition coefficient (Wildman–Crippen LogP) is 2.43. The third-order valence-electron chi connectivity index (χ3n) is 1.69. The zero-order valence-corrected chi connectivity index (χ0v) is 10.0. The van der Waals surface area contributed by atoms with Crippen LogP contribution >= 0.6 is 23.1 Å². The van der Waals surface area contributed by atoms with Crippen molar-refractivity contribution in [3.8, 4) is 0 Å². The molecule has 15 heavy (non-hydrogen) atoms. The zero-order valence-electron chi connectivity index (χ0n) is 8.39. The van der Waals surface area contributed by atoms with Crippen LogP contribution in [0.5, 0.6) is 0 Å². The van der Waals surface area contributed by atoms with Crippen molar-refractivity contribution in [1.82, 2.24) is 15.0 Å². The van der Waals surface area contributed by atoms with Crippen molar-refractivity contribution in [2.75, 3.05) is 12.4 Å². The maximum absolute atomic E-state index is 4.36. The van der Waals surface area contributed by atoms with Crippen molar-refractivity contribution in [3.63, 3.8) is 0 Å². The largest absolute Gasteiger partial charge is 0.373 e. The van der Waals surface area contributed by atoms with E-state index in [9.17, 15) is 0 Å². The molecule has 6 heteroatoms. The Balaban J connectivity index is 2.16. The van der Waals surface area contributed by atoms with Crippen LogP contribution in [0.1, 0.15) is 5.69 Å². The van der Waals surface area contributed by atoms with E-state index in [4.69, 9.17) is 0 Å². The molecule has 0 unspecified atom stereocenters. The first-order chi connectivity index (χ1) is 7.28. The number of thiazole rings is 1. The van der Waals surface area contributed by atoms with Crippen LogP contribution in [-0.2, 0) is 0 Å². The molecule has 0 saturated carbocycles. The molecule has 4 nitrogen and oxygen atoms in total. The van der Waals surface area contributed by atoms with Gasteiger partial charge in [0.15, 0.2) is 4.34 Å². The fraction of sp³-hybridized carbons (Fsp3) is 0.222. The maximum atomic E-state index is 4.36. The van der Waals surface area contributed by atoms with Crippen molar-refractivity contribution in [3.05, 3.63) is 23.5 Å². The monoisotopic (exact) mass is 238 g/mol. The lowest BCUT2D eigenvalue weighted by Crippen LogP contribution is -1.93. The van der Waals surface area contributed by atoms with Crippen LogP contribution in [0, 0.1) is 6.92 Å². The molecule has 0 spiro atoms. The van der Waals surface area contributed by atoms with Crippen molar-refractivity contribution in [2.24, 2.45) is 0 Å². The van der Waals surface area contributed by atoms with E-state index in [1.165, 1.54) is 0 Å². The molecule has 0 saturated heterocycles. The number of aromatic nitrogens is 3. The minimum atomic E-state index is 0.820. The normalized spacial score (nSPS) is 10.3. The third-order valence-corrected chi connectivity index (χ3v) is 3.68. The number of nitrogens with zero attached hydrogens (tertiary/aromatic N) is 3. The summed E-state index contributed by atoms with van der Waals surface area (Å²) in [6.07, 6.45) is 1.55. The summed E-state index contributed by atoms with van der Waals surface area (Å²) in [5.41, 5.74) is 1.05. The fourth-order valence-electron chi connectivity index (χ4n) is 1.00. The first kappa shape index (κ1) is 10.4. The standard InChI is InChI=1S/C9H10N4S2/c1-6-4-14-9(13-6)15-8-3-7(10-2)11-5-12-8/h3-5H,1-2H3,(H,10,11,12). The summed E-state index contributed by atoms with van der Waals surface area (Å²) in [7, 11) is 1.84. The van der Waals surface area contributed by atoms with Crippen LogP contribution in [0.3, 0.4) is 0 Å². The van der Waals surface area contributed by atoms with Crippen LogP contribution in [0.25, 0.3) is 0 Å². The van der Waals surface area contributed by atoms with E-state index in [0.29, 0.717) is 0 Å². The zero-order chi connectivity index (χ0) is 10.7. The Bertz CT molecular complexity index is 455. The lowest BCUT2D eigenvalue weighted by molar-refractivity contribution is 1.04. The summed E-state index contributed by atoms with van der Waals surface area (Å²) < 4.78 is 1.01. The van der Waals surface area contributed by atoms with E-state index < -0.39 is 0 Å². The molecular weight excluding hydrogens is 228 g/mol. The number of nitrogens with one attached hydrogen (secondary N) is 1. The Hall–Kier alpha value is -1.14. The topological polar surface area (TPSA) is 50.7 Å². The van der Waals surface area contributed by atoms with Gasteiger partial charge in [-0.15, -0.1) is 11.3 Å². The lowest BCUT2D eigenvalue weighted by atomic mass is 10.6. The highest BCUT2D eigenvalue weighted by Gasteiger charge is 2.03. The molecule has 2 heterocycles. The highest BCUT2D eigenvalue weighted by Crippen LogP contribution is 2.29. The molecular formula is C9H10N4S2. The molecule has 0 aromatic carbocycles. The van der Waals surface area contributed by atoms with Gasteiger partial charge >= 0.3 is 0 Å². The highest BCUT2D eigenvalue weighted by molar-refractivity contribution is 8.01. The van der Waals surface area contributed by atoms with Crippen LogP contribution in [0.2, 0.25) is 0 Å². The van der Waals surface area contributed by atoms with Gasteiger partial charge in [-0.05, 0) is 18.7 Å². The van der Waals surface area contributed by atoms with E-state index in [-0.39, 0.29) is 0 Å². The summed E-state index contributed by atoms with van der Waals surface area (Å²) in [5, 5.41) is 5.91. The van der Waals surface area contributed by atoms with E-state index in [1.54, 1.807) is 29.4 Å². The molecule has 0 amide bonds. The number of hydrogen-bond acceptors (Lipinski definition) is 6. The first-order valence-electron chi connectivity index (χ1n) is 4.37. The highest BCUT2D eigenvalue weighted by atomic mass is 32.2. The second kappa shape index (κ2) is 4.59. The van der Waals surface area contributed by atoms with Crippen LogP contribution < -0.4 is 5.32 Å². The van der Waals surface area contributed by atoms with Crippen LogP contribution in [0.4, 0.5) is 5.82 Å². The molecule has 0 aliphatic carbocycles. The van der Waals surface area contributed by atoms with Gasteiger partial charge in [-0.25, -0.2) is 15.0 Å². The van der Waals surface area contributed by atoms with E-state index >= 15 is 0 Å². The molecule has 78 valence electrons. The van der Waals surface area contributed by atoms with E-state index in [1.807, 2.05) is 25.4 Å². The average Bonchev–Trinajstić information content (AvgIpc) is 2.64. The van der Waals surface area contributed by atoms with E-state index in [2.05, 4.69) is 20.3 Å². The molecule has 0 radical (unpaired) electrons. The third kappa shape index (κ3) is 2.66. The number of hydrogen-bond donors (Lipinski definition) is 1. The van der Waals surface area contributed by atoms with Crippen molar-refractivity contribution in [2.45, 2.75) is 16.3 Å². The second-order valence-electron chi connectivity index (χ2n) is 2.85. The van der Waals surface area contributed by atoms with Gasteiger partial charge < -0.3 is 5.32 Å². The molecule has 0 bridgehead atoms. The van der Waals surface area contributed by atoms with Crippen LogP contribution in [0.15, 0.2) is 27.1 Å². The van der Waals surface area contributed by atoms with Gasteiger partial charge in [-0.2, -0.15) is 0 Å². The smallest absolute Gasteiger partial charge is 0.156 e. The number of aryl methyl sites for hydroxylation is 1. The summed E-state index contributed by atoms with van der Waals surface area (Å²) in [6.45, 7) is 1.99. The van der Waals surface area contributed by atoms with E-state index in [0.717, 1.165) is 20.9 Å². The van der Waals surface area contributed by atoms with Crippen LogP contribution in [-0.4, -0.2) is 22.0 Å². The average molecular weight is 238 g/mol. The molecule has 1 N–H and O–H groups in total. The van der Waals surface area contributed by atoms with Crippen molar-refractivity contribution >= 4 is 28.9 Å². The lowest BCUT2D eigenvalue weighted by Gasteiger charge is -2.00. The van der Waals surface area contributed by atoms with Gasteiger partial charge in [-0.1, -0.05) is 0 Å². The molecule has 2 aromatic heterocycles. The molecule has 0 atom stereocenters. The quantitative estimate of drug-likeness (QED) is 0.832. The minimum Gasteiger partial charge on any atom is -0.373 e. The molecule has 0 fully saturated rings. The summed E-state index contributed by atoms with van der Waals surface area (Å²) >= 11 is 3.18. The predicted molar refractivity (Wildman–Crippen MR) is 62.6 cm³/mol. The van der Waals surface area contributed by atoms with Gasteiger partial charge in [0.2, 0.25) is 0 Å². The Morgan fingerprint density at radius 3 is 2.93 bits per heavy atom. The van der Waals surface area contributed by atoms with Crippen molar-refractivity contribution < 1.29 is 0 Å². The minimum absolute atomic E-state index is 0.820. The molecule has 2 rings (SSSR count). The summed E-state index contributed by atoms with van der Waals surface area (Å²) in [6, 6.07) is 1.90. The number of rotatable bonds is 3. The Labute approximate surface area is 96.2 Å². The maximum Gasteiger partial charge on any atom is 0.156 e. The second-order valence-corrected chi connectivity index (χ2v) is 4.97. The van der Waals surface area contributed by atoms with Crippen molar-refractivity contribution in [1.29, 1.82) is 0 Å². The number of anilines is 1. The summed E-state index contributed by atoms with van der Waals surface area (Å²) in [5.74, 6) is 0.820. The molecule has 0 aliphatic rings.